The lowest BCUT2D eigenvalue weighted by Crippen LogP contribution is -2.61. The van der Waals surface area contributed by atoms with Crippen molar-refractivity contribution in [2.24, 2.45) is 17.8 Å². The average Bonchev–Trinajstić information content (AvgIpc) is 2.10. The van der Waals surface area contributed by atoms with Crippen molar-refractivity contribution in [3.8, 4) is 0 Å². The van der Waals surface area contributed by atoms with Gasteiger partial charge in [-0.05, 0) is 70.1 Å². The lowest BCUT2D eigenvalue weighted by Gasteiger charge is -2.56. The van der Waals surface area contributed by atoms with Crippen LogP contribution in [0.4, 0.5) is 4.39 Å². The molecule has 0 amide bonds. The lowest BCUT2D eigenvalue weighted by molar-refractivity contribution is -0.00878. The van der Waals surface area contributed by atoms with Gasteiger partial charge in [-0.1, -0.05) is 0 Å². The van der Waals surface area contributed by atoms with E-state index >= 15 is 0 Å². The molecular weight excluding hydrogens is 253 g/mol. The summed E-state index contributed by atoms with van der Waals surface area (Å²) in [5.74, 6) is 1.96. The number of alkyl halides is 1. The molecule has 4 saturated carbocycles. The van der Waals surface area contributed by atoms with Crippen LogP contribution in [0, 0.1) is 17.8 Å². The Morgan fingerprint density at radius 2 is 1.44 bits per heavy atom. The van der Waals surface area contributed by atoms with Crippen molar-refractivity contribution in [3.05, 3.63) is 0 Å². The second-order valence-corrected chi connectivity index (χ2v) is 9.35. The quantitative estimate of drug-likeness (QED) is 0.860. The minimum atomic E-state index is -3.88. The summed E-state index contributed by atoms with van der Waals surface area (Å²) in [7, 11) is -3.88. The van der Waals surface area contributed by atoms with Gasteiger partial charge in [-0.15, -0.1) is 0 Å². The van der Waals surface area contributed by atoms with Gasteiger partial charge in [0.2, 0.25) is 15.0 Å². The van der Waals surface area contributed by atoms with Gasteiger partial charge in [0.25, 0.3) is 0 Å². The monoisotopic (exact) mass is 275 g/mol. The number of hydrogen-bond donors (Lipinski definition) is 1. The Morgan fingerprint density at radius 3 is 1.78 bits per heavy atom. The van der Waals surface area contributed by atoms with Gasteiger partial charge >= 0.3 is 0 Å². The molecule has 4 bridgehead atoms. The zero-order valence-corrected chi connectivity index (χ0v) is 11.9. The Morgan fingerprint density at radius 1 is 1.06 bits per heavy atom. The van der Waals surface area contributed by atoms with Crippen LogP contribution in [-0.2, 0) is 10.0 Å². The molecule has 3 nitrogen and oxygen atoms in total. The van der Waals surface area contributed by atoms with Crippen molar-refractivity contribution in [1.82, 2.24) is 4.72 Å². The van der Waals surface area contributed by atoms with Crippen molar-refractivity contribution in [1.29, 1.82) is 0 Å². The molecule has 0 aromatic carbocycles. The topological polar surface area (TPSA) is 46.2 Å². The summed E-state index contributed by atoms with van der Waals surface area (Å²) in [5.41, 5.74) is -0.336. The van der Waals surface area contributed by atoms with Crippen molar-refractivity contribution >= 4 is 10.0 Å². The van der Waals surface area contributed by atoms with Gasteiger partial charge in [0.05, 0.1) is 0 Å². The summed E-state index contributed by atoms with van der Waals surface area (Å²) >= 11 is 0. The minimum Gasteiger partial charge on any atom is -0.226 e. The Hall–Kier alpha value is -0.160. The predicted octanol–water partition coefficient (Wildman–Crippen LogP) is 2.58. The first-order valence-corrected chi connectivity index (χ1v) is 8.40. The highest BCUT2D eigenvalue weighted by Gasteiger charge is 2.53. The molecule has 0 saturated heterocycles. The maximum Gasteiger partial charge on any atom is 0.246 e. The van der Waals surface area contributed by atoms with Crippen LogP contribution in [0.25, 0.3) is 0 Å². The molecule has 0 aromatic rings. The highest BCUT2D eigenvalue weighted by Crippen LogP contribution is 2.56. The van der Waals surface area contributed by atoms with Crippen LogP contribution in [-0.4, -0.2) is 19.0 Å². The summed E-state index contributed by atoms with van der Waals surface area (Å²) < 4.78 is 40.6. The molecule has 104 valence electrons. The Kier molecular flexibility index (Phi) is 2.63. The van der Waals surface area contributed by atoms with E-state index < -0.39 is 15.0 Å². The van der Waals surface area contributed by atoms with Crippen molar-refractivity contribution in [2.75, 3.05) is 0 Å². The molecule has 0 aromatic heterocycles. The largest absolute Gasteiger partial charge is 0.246 e. The number of halogens is 1. The fourth-order valence-corrected chi connectivity index (χ4v) is 5.70. The lowest BCUT2D eigenvalue weighted by atomic mass is 9.53. The van der Waals surface area contributed by atoms with E-state index in [0.717, 1.165) is 33.1 Å². The molecule has 4 rings (SSSR count). The Labute approximate surface area is 109 Å². The van der Waals surface area contributed by atoms with E-state index in [1.165, 1.54) is 19.3 Å². The van der Waals surface area contributed by atoms with Crippen LogP contribution >= 0.6 is 0 Å². The third-order valence-electron chi connectivity index (χ3n) is 5.03. The number of nitrogens with one attached hydrogen (secondary N) is 1. The molecule has 0 radical (unpaired) electrons. The summed E-state index contributed by atoms with van der Waals surface area (Å²) in [4.78, 5) is 0. The first-order chi connectivity index (χ1) is 8.19. The van der Waals surface area contributed by atoms with Crippen molar-refractivity contribution in [3.63, 3.8) is 0 Å². The normalized spacial score (nSPS) is 43.4. The zero-order chi connectivity index (χ0) is 13.2. The van der Waals surface area contributed by atoms with Gasteiger partial charge in [-0.2, -0.15) is 0 Å². The Balaban J connectivity index is 1.85. The molecule has 0 spiro atoms. The second kappa shape index (κ2) is 3.69. The SMILES string of the molecule is CC(C)(F)S(=O)(=O)NC12CC3CC(CC(C3)C1)C2. The van der Waals surface area contributed by atoms with E-state index in [1.807, 2.05) is 0 Å². The standard InChI is InChI=1S/C13H22FNO2S/c1-12(2,14)18(16,17)15-13-6-9-3-10(7-13)5-11(4-9)8-13/h9-11,15H,3-8H2,1-2H3. The maximum atomic E-state index is 13.8. The van der Waals surface area contributed by atoms with Gasteiger partial charge in [0.1, 0.15) is 0 Å². The number of sulfonamides is 1. The summed E-state index contributed by atoms with van der Waals surface area (Å²) in [6, 6.07) is 0. The fraction of sp³-hybridized carbons (Fsp3) is 1.00. The fourth-order valence-electron chi connectivity index (χ4n) is 4.64. The second-order valence-electron chi connectivity index (χ2n) is 7.17. The molecule has 0 heterocycles. The van der Waals surface area contributed by atoms with Crippen LogP contribution in [0.15, 0.2) is 0 Å². The van der Waals surface area contributed by atoms with Gasteiger partial charge in [0, 0.05) is 5.54 Å². The van der Waals surface area contributed by atoms with Crippen molar-refractivity contribution < 1.29 is 12.8 Å². The first kappa shape index (κ1) is 12.9. The van der Waals surface area contributed by atoms with Gasteiger partial charge in [-0.25, -0.2) is 17.5 Å². The van der Waals surface area contributed by atoms with Crippen LogP contribution in [0.1, 0.15) is 52.4 Å². The van der Waals surface area contributed by atoms with E-state index in [9.17, 15) is 12.8 Å². The van der Waals surface area contributed by atoms with Gasteiger partial charge in [-0.3, -0.25) is 0 Å². The molecule has 4 aliphatic rings. The first-order valence-electron chi connectivity index (χ1n) is 6.92. The minimum absolute atomic E-state index is 0.336. The van der Waals surface area contributed by atoms with E-state index in [0.29, 0.717) is 17.8 Å². The van der Waals surface area contributed by atoms with Crippen LogP contribution in [0.2, 0.25) is 0 Å². The third kappa shape index (κ3) is 1.99. The molecule has 5 heteroatoms. The highest BCUT2D eigenvalue weighted by molar-refractivity contribution is 7.90. The summed E-state index contributed by atoms with van der Waals surface area (Å²) in [6.07, 6.45) is 6.48. The Bertz CT molecular complexity index is 417. The van der Waals surface area contributed by atoms with Crippen molar-refractivity contribution in [2.45, 2.75) is 62.9 Å². The third-order valence-corrected chi connectivity index (χ3v) is 7.01. The molecule has 1 N–H and O–H groups in total. The van der Waals surface area contributed by atoms with E-state index in [2.05, 4.69) is 4.72 Å². The smallest absolute Gasteiger partial charge is 0.226 e. The van der Waals surface area contributed by atoms with E-state index in [4.69, 9.17) is 0 Å². The summed E-state index contributed by atoms with van der Waals surface area (Å²) in [5, 5.41) is -2.20. The molecular formula is C13H22FNO2S. The van der Waals surface area contributed by atoms with Crippen LogP contribution in [0.5, 0.6) is 0 Å². The average molecular weight is 275 g/mol. The predicted molar refractivity (Wildman–Crippen MR) is 68.1 cm³/mol. The molecule has 0 unspecified atom stereocenters. The van der Waals surface area contributed by atoms with Gasteiger partial charge in [0.15, 0.2) is 0 Å². The molecule has 0 atom stereocenters. The van der Waals surface area contributed by atoms with E-state index in [-0.39, 0.29) is 5.54 Å². The molecule has 4 aliphatic carbocycles. The van der Waals surface area contributed by atoms with Crippen LogP contribution in [0.3, 0.4) is 0 Å². The molecule has 0 aliphatic heterocycles. The molecule has 18 heavy (non-hydrogen) atoms. The highest BCUT2D eigenvalue weighted by atomic mass is 32.2. The van der Waals surface area contributed by atoms with Crippen LogP contribution < -0.4 is 4.72 Å². The maximum absolute atomic E-state index is 13.8. The number of rotatable bonds is 3. The van der Waals surface area contributed by atoms with E-state index in [1.54, 1.807) is 0 Å². The van der Waals surface area contributed by atoms with Gasteiger partial charge < -0.3 is 0 Å². The zero-order valence-electron chi connectivity index (χ0n) is 11.1. The summed E-state index contributed by atoms with van der Waals surface area (Å²) in [6.45, 7) is 2.24. The molecule has 4 fully saturated rings. The number of hydrogen-bond acceptors (Lipinski definition) is 2.